The molecule has 1 atom stereocenters. The van der Waals surface area contributed by atoms with Crippen molar-refractivity contribution < 1.29 is 14.7 Å². The van der Waals surface area contributed by atoms with E-state index in [9.17, 15) is 9.59 Å². The van der Waals surface area contributed by atoms with Crippen LogP contribution in [0.2, 0.25) is 0 Å². The van der Waals surface area contributed by atoms with Crippen molar-refractivity contribution in [3.63, 3.8) is 0 Å². The van der Waals surface area contributed by atoms with Gasteiger partial charge in [-0.2, -0.15) is 0 Å². The lowest BCUT2D eigenvalue weighted by atomic mass is 9.99. The third kappa shape index (κ3) is 4.45. The highest BCUT2D eigenvalue weighted by atomic mass is 16.3. The Balaban J connectivity index is 1.99. The molecule has 1 aliphatic rings. The summed E-state index contributed by atoms with van der Waals surface area (Å²) in [7, 11) is 3.88. The monoisotopic (exact) mass is 319 g/mol. The van der Waals surface area contributed by atoms with Crippen molar-refractivity contribution in [3.05, 3.63) is 24.3 Å². The zero-order valence-electron chi connectivity index (χ0n) is 13.8. The van der Waals surface area contributed by atoms with Gasteiger partial charge >= 0.3 is 11.8 Å². The van der Waals surface area contributed by atoms with Gasteiger partial charge in [-0.1, -0.05) is 0 Å². The SMILES string of the molecule is CN(C)c1ccc(NC(=O)C(=O)N2CCCCC2CCO)cc1. The first-order chi connectivity index (χ1) is 11.0. The number of piperidine rings is 1. The van der Waals surface area contributed by atoms with Crippen LogP contribution in [-0.2, 0) is 9.59 Å². The first-order valence-corrected chi connectivity index (χ1v) is 8.03. The van der Waals surface area contributed by atoms with Crippen molar-refractivity contribution >= 4 is 23.2 Å². The first-order valence-electron chi connectivity index (χ1n) is 8.03. The average Bonchev–Trinajstić information content (AvgIpc) is 2.55. The Morgan fingerprint density at radius 1 is 1.26 bits per heavy atom. The van der Waals surface area contributed by atoms with Crippen molar-refractivity contribution in [1.29, 1.82) is 0 Å². The average molecular weight is 319 g/mol. The Morgan fingerprint density at radius 2 is 1.96 bits per heavy atom. The van der Waals surface area contributed by atoms with Crippen molar-refractivity contribution in [2.45, 2.75) is 31.7 Å². The molecule has 1 unspecified atom stereocenters. The third-order valence-corrected chi connectivity index (χ3v) is 4.19. The van der Waals surface area contributed by atoms with Crippen LogP contribution < -0.4 is 10.2 Å². The molecule has 1 aromatic rings. The molecule has 0 aromatic heterocycles. The molecule has 1 saturated heterocycles. The minimum atomic E-state index is -0.618. The molecule has 0 saturated carbocycles. The molecule has 126 valence electrons. The summed E-state index contributed by atoms with van der Waals surface area (Å²) in [5.41, 5.74) is 1.62. The van der Waals surface area contributed by atoms with E-state index in [2.05, 4.69) is 5.32 Å². The number of hydrogen-bond donors (Lipinski definition) is 2. The maximum Gasteiger partial charge on any atom is 0.313 e. The largest absolute Gasteiger partial charge is 0.396 e. The van der Waals surface area contributed by atoms with E-state index >= 15 is 0 Å². The lowest BCUT2D eigenvalue weighted by Crippen LogP contribution is -2.48. The Morgan fingerprint density at radius 3 is 2.57 bits per heavy atom. The standard InChI is InChI=1S/C17H25N3O3/c1-19(2)14-8-6-13(7-9-14)18-16(22)17(23)20-11-4-3-5-15(20)10-12-21/h6-9,15,21H,3-5,10-12H2,1-2H3,(H,18,22). The molecular weight excluding hydrogens is 294 g/mol. The van der Waals surface area contributed by atoms with Gasteiger partial charge in [-0.15, -0.1) is 0 Å². The van der Waals surface area contributed by atoms with Crippen molar-refractivity contribution in [2.24, 2.45) is 0 Å². The van der Waals surface area contributed by atoms with E-state index in [-0.39, 0.29) is 12.6 Å². The normalized spacial score (nSPS) is 17.7. The number of amides is 2. The van der Waals surface area contributed by atoms with Crippen molar-refractivity contribution in [1.82, 2.24) is 4.90 Å². The predicted octanol–water partition coefficient (Wildman–Crippen LogP) is 1.45. The maximum atomic E-state index is 12.4. The smallest absolute Gasteiger partial charge is 0.313 e. The molecular formula is C17H25N3O3. The van der Waals surface area contributed by atoms with Gasteiger partial charge in [0.1, 0.15) is 0 Å². The number of rotatable bonds is 4. The third-order valence-electron chi connectivity index (χ3n) is 4.19. The number of nitrogens with one attached hydrogen (secondary N) is 1. The van der Waals surface area contributed by atoms with E-state index in [0.29, 0.717) is 18.7 Å². The number of carbonyl (C=O) groups is 2. The summed E-state index contributed by atoms with van der Waals surface area (Å²) in [4.78, 5) is 28.2. The second-order valence-electron chi connectivity index (χ2n) is 6.06. The highest BCUT2D eigenvalue weighted by molar-refractivity contribution is 6.39. The van der Waals surface area contributed by atoms with Crippen molar-refractivity contribution in [3.8, 4) is 0 Å². The highest BCUT2D eigenvalue weighted by Gasteiger charge is 2.30. The second-order valence-corrected chi connectivity index (χ2v) is 6.06. The fourth-order valence-electron chi connectivity index (χ4n) is 2.87. The number of carbonyl (C=O) groups excluding carboxylic acids is 2. The number of likely N-dealkylation sites (tertiary alicyclic amines) is 1. The molecule has 0 spiro atoms. The Labute approximate surface area is 137 Å². The Bertz CT molecular complexity index is 541. The Kier molecular flexibility index (Phi) is 5.98. The Hall–Kier alpha value is -2.08. The van der Waals surface area contributed by atoms with Crippen LogP contribution in [0.5, 0.6) is 0 Å². The van der Waals surface area contributed by atoms with Crippen LogP contribution in [-0.4, -0.2) is 55.1 Å². The summed E-state index contributed by atoms with van der Waals surface area (Å²) >= 11 is 0. The number of anilines is 2. The fraction of sp³-hybridized carbons (Fsp3) is 0.529. The molecule has 2 N–H and O–H groups in total. The van der Waals surface area contributed by atoms with Crippen LogP contribution in [0.25, 0.3) is 0 Å². The summed E-state index contributed by atoms with van der Waals surface area (Å²) in [5, 5.41) is 11.8. The van der Waals surface area contributed by atoms with Gasteiger partial charge in [-0.05, 0) is 49.9 Å². The maximum absolute atomic E-state index is 12.4. The van der Waals surface area contributed by atoms with Crippen LogP contribution in [0, 0.1) is 0 Å². The molecule has 0 bridgehead atoms. The van der Waals surface area contributed by atoms with Gasteiger partial charge in [-0.3, -0.25) is 9.59 Å². The van der Waals surface area contributed by atoms with E-state index in [1.807, 2.05) is 31.1 Å². The minimum absolute atomic E-state index is 0.0298. The predicted molar refractivity (Wildman–Crippen MR) is 90.5 cm³/mol. The molecule has 0 radical (unpaired) electrons. The van der Waals surface area contributed by atoms with Crippen LogP contribution >= 0.6 is 0 Å². The van der Waals surface area contributed by atoms with Crippen LogP contribution in [0.4, 0.5) is 11.4 Å². The quantitative estimate of drug-likeness (QED) is 0.824. The summed E-state index contributed by atoms with van der Waals surface area (Å²) in [6.45, 7) is 0.610. The van der Waals surface area contributed by atoms with Gasteiger partial charge in [0.15, 0.2) is 0 Å². The molecule has 6 heteroatoms. The molecule has 2 rings (SSSR count). The zero-order valence-corrected chi connectivity index (χ0v) is 13.8. The number of aliphatic hydroxyl groups is 1. The summed E-state index contributed by atoms with van der Waals surface area (Å²) in [5.74, 6) is -1.13. The molecule has 0 aliphatic carbocycles. The minimum Gasteiger partial charge on any atom is -0.396 e. The van der Waals surface area contributed by atoms with Gasteiger partial charge in [-0.25, -0.2) is 0 Å². The summed E-state index contributed by atoms with van der Waals surface area (Å²) in [6.07, 6.45) is 3.30. The number of nitrogens with zero attached hydrogens (tertiary/aromatic N) is 2. The van der Waals surface area contributed by atoms with E-state index in [1.54, 1.807) is 17.0 Å². The molecule has 1 aromatic carbocycles. The first kappa shape index (κ1) is 17.3. The van der Waals surface area contributed by atoms with E-state index in [1.165, 1.54) is 0 Å². The van der Waals surface area contributed by atoms with Gasteiger partial charge in [0.05, 0.1) is 0 Å². The fourth-order valence-corrected chi connectivity index (χ4v) is 2.87. The van der Waals surface area contributed by atoms with Crippen LogP contribution in [0.1, 0.15) is 25.7 Å². The topological polar surface area (TPSA) is 72.9 Å². The zero-order chi connectivity index (χ0) is 16.8. The van der Waals surface area contributed by atoms with Crippen LogP contribution in [0.15, 0.2) is 24.3 Å². The highest BCUT2D eigenvalue weighted by Crippen LogP contribution is 2.20. The summed E-state index contributed by atoms with van der Waals surface area (Å²) in [6, 6.07) is 7.29. The number of aliphatic hydroxyl groups excluding tert-OH is 1. The van der Waals surface area contributed by atoms with Gasteiger partial charge in [0.2, 0.25) is 0 Å². The van der Waals surface area contributed by atoms with Gasteiger partial charge in [0, 0.05) is 44.7 Å². The molecule has 1 fully saturated rings. The molecule has 1 aliphatic heterocycles. The van der Waals surface area contributed by atoms with Crippen LogP contribution in [0.3, 0.4) is 0 Å². The van der Waals surface area contributed by atoms with E-state index < -0.39 is 11.8 Å². The van der Waals surface area contributed by atoms with Crippen molar-refractivity contribution in [2.75, 3.05) is 37.5 Å². The lowest BCUT2D eigenvalue weighted by molar-refractivity contribution is -0.146. The van der Waals surface area contributed by atoms with E-state index in [0.717, 1.165) is 24.9 Å². The molecule has 1 heterocycles. The van der Waals surface area contributed by atoms with E-state index in [4.69, 9.17) is 5.11 Å². The number of hydrogen-bond acceptors (Lipinski definition) is 4. The van der Waals surface area contributed by atoms with Gasteiger partial charge in [0.25, 0.3) is 0 Å². The number of benzene rings is 1. The lowest BCUT2D eigenvalue weighted by Gasteiger charge is -2.35. The second kappa shape index (κ2) is 7.97. The molecule has 2 amide bonds. The molecule has 23 heavy (non-hydrogen) atoms. The summed E-state index contributed by atoms with van der Waals surface area (Å²) < 4.78 is 0. The van der Waals surface area contributed by atoms with Gasteiger partial charge < -0.3 is 20.2 Å². The molecule has 6 nitrogen and oxygen atoms in total.